The minimum absolute atomic E-state index is 0.0382. The number of aliphatic carboxylic acids is 1. The molecule has 0 aromatic heterocycles. The molecule has 0 spiro atoms. The Hall–Kier alpha value is -1.88. The van der Waals surface area contributed by atoms with Gasteiger partial charge in [-0.2, -0.15) is 0 Å². The van der Waals surface area contributed by atoms with Gasteiger partial charge in [-0.3, -0.25) is 4.79 Å². The molecule has 130 valence electrons. The standard InChI is InChI=1S/C19H25NO4/c1-2-13-12-20(11-10-15(13)14-6-4-3-5-7-14)18(21)16-8-9-17(24-16)19(22)23/h3-7,13,15-17H,2,8-12H2,1H3,(H,22,23)/t13?,15?,16-,17+/m0/s1. The zero-order valence-corrected chi connectivity index (χ0v) is 14.1. The SMILES string of the molecule is CCC1CN(C(=O)[C@@H]2CC[C@H](C(=O)O)O2)CCC1c1ccccc1. The van der Waals surface area contributed by atoms with Crippen LogP contribution >= 0.6 is 0 Å². The summed E-state index contributed by atoms with van der Waals surface area (Å²) in [5.74, 6) is -0.0958. The van der Waals surface area contributed by atoms with Crippen molar-refractivity contribution in [3.63, 3.8) is 0 Å². The molecule has 0 radical (unpaired) electrons. The molecule has 1 aromatic carbocycles. The number of carbonyl (C=O) groups is 2. The van der Waals surface area contributed by atoms with E-state index in [1.54, 1.807) is 0 Å². The average Bonchev–Trinajstić information content (AvgIpc) is 3.11. The zero-order valence-electron chi connectivity index (χ0n) is 14.1. The van der Waals surface area contributed by atoms with Crippen molar-refractivity contribution in [1.29, 1.82) is 0 Å². The van der Waals surface area contributed by atoms with Crippen LogP contribution < -0.4 is 0 Å². The molecule has 2 fully saturated rings. The molecule has 1 N–H and O–H groups in total. The number of benzene rings is 1. The van der Waals surface area contributed by atoms with Gasteiger partial charge < -0.3 is 14.7 Å². The van der Waals surface area contributed by atoms with E-state index in [4.69, 9.17) is 9.84 Å². The Morgan fingerprint density at radius 1 is 1.17 bits per heavy atom. The van der Waals surface area contributed by atoms with E-state index < -0.39 is 18.2 Å². The maximum Gasteiger partial charge on any atom is 0.332 e. The fourth-order valence-corrected chi connectivity index (χ4v) is 3.99. The molecule has 0 saturated carbocycles. The Morgan fingerprint density at radius 2 is 1.88 bits per heavy atom. The van der Waals surface area contributed by atoms with Gasteiger partial charge in [-0.15, -0.1) is 0 Å². The summed E-state index contributed by atoms with van der Waals surface area (Å²) >= 11 is 0. The summed E-state index contributed by atoms with van der Waals surface area (Å²) in [5, 5.41) is 9.01. The third-order valence-corrected chi connectivity index (χ3v) is 5.37. The van der Waals surface area contributed by atoms with E-state index in [1.165, 1.54) is 5.56 Å². The summed E-state index contributed by atoms with van der Waals surface area (Å²) in [6.45, 7) is 3.61. The monoisotopic (exact) mass is 331 g/mol. The average molecular weight is 331 g/mol. The highest BCUT2D eigenvalue weighted by Crippen LogP contribution is 2.35. The molecule has 2 heterocycles. The van der Waals surface area contributed by atoms with Gasteiger partial charge in [0.25, 0.3) is 5.91 Å². The van der Waals surface area contributed by atoms with Crippen molar-refractivity contribution in [2.24, 2.45) is 5.92 Å². The van der Waals surface area contributed by atoms with Crippen molar-refractivity contribution >= 4 is 11.9 Å². The Bertz CT molecular complexity index is 588. The van der Waals surface area contributed by atoms with Crippen LogP contribution in [-0.4, -0.2) is 47.2 Å². The lowest BCUT2D eigenvalue weighted by atomic mass is 9.79. The lowest BCUT2D eigenvalue weighted by molar-refractivity contribution is -0.155. The zero-order chi connectivity index (χ0) is 17.1. The number of carbonyl (C=O) groups excluding carboxylic acids is 1. The number of ether oxygens (including phenoxy) is 1. The van der Waals surface area contributed by atoms with E-state index in [0.29, 0.717) is 31.2 Å². The second-order valence-corrected chi connectivity index (χ2v) is 6.79. The van der Waals surface area contributed by atoms with Crippen LogP contribution in [0, 0.1) is 5.92 Å². The van der Waals surface area contributed by atoms with Crippen molar-refractivity contribution in [3.8, 4) is 0 Å². The molecule has 1 amide bonds. The lowest BCUT2D eigenvalue weighted by Gasteiger charge is -2.39. The first-order chi connectivity index (χ1) is 11.6. The molecule has 5 heteroatoms. The Morgan fingerprint density at radius 3 is 2.50 bits per heavy atom. The summed E-state index contributed by atoms with van der Waals surface area (Å²) < 4.78 is 5.43. The first-order valence-electron chi connectivity index (χ1n) is 8.82. The second kappa shape index (κ2) is 7.34. The summed E-state index contributed by atoms with van der Waals surface area (Å²) in [7, 11) is 0. The number of likely N-dealkylation sites (tertiary alicyclic amines) is 1. The van der Waals surface area contributed by atoms with E-state index in [0.717, 1.165) is 19.4 Å². The fourth-order valence-electron chi connectivity index (χ4n) is 3.99. The lowest BCUT2D eigenvalue weighted by Crippen LogP contribution is -2.47. The van der Waals surface area contributed by atoms with Crippen LogP contribution in [-0.2, 0) is 14.3 Å². The van der Waals surface area contributed by atoms with Crippen molar-refractivity contribution in [2.45, 2.75) is 50.7 Å². The predicted octanol–water partition coefficient (Wildman–Crippen LogP) is 2.66. The highest BCUT2D eigenvalue weighted by Gasteiger charge is 2.39. The highest BCUT2D eigenvalue weighted by atomic mass is 16.5. The molecular weight excluding hydrogens is 306 g/mol. The molecule has 4 atom stereocenters. The molecule has 0 bridgehead atoms. The summed E-state index contributed by atoms with van der Waals surface area (Å²) in [6.07, 6.45) is 1.48. The molecule has 0 aliphatic carbocycles. The Kier molecular flexibility index (Phi) is 5.19. The van der Waals surface area contributed by atoms with Crippen LogP contribution in [0.15, 0.2) is 30.3 Å². The van der Waals surface area contributed by atoms with Gasteiger partial charge >= 0.3 is 5.97 Å². The van der Waals surface area contributed by atoms with Gasteiger partial charge in [0.05, 0.1) is 0 Å². The smallest absolute Gasteiger partial charge is 0.332 e. The molecule has 24 heavy (non-hydrogen) atoms. The van der Waals surface area contributed by atoms with Crippen molar-refractivity contribution < 1.29 is 19.4 Å². The number of piperidine rings is 1. The first-order valence-corrected chi connectivity index (χ1v) is 8.82. The van der Waals surface area contributed by atoms with Crippen LogP contribution in [0.5, 0.6) is 0 Å². The summed E-state index contributed by atoms with van der Waals surface area (Å²) in [6, 6.07) is 10.5. The van der Waals surface area contributed by atoms with Gasteiger partial charge in [-0.25, -0.2) is 4.79 Å². The van der Waals surface area contributed by atoms with Crippen molar-refractivity contribution in [2.75, 3.05) is 13.1 Å². The number of hydrogen-bond acceptors (Lipinski definition) is 3. The van der Waals surface area contributed by atoms with E-state index in [1.807, 2.05) is 11.0 Å². The number of carboxylic acid groups (broad SMARTS) is 1. The number of rotatable bonds is 4. The molecule has 3 rings (SSSR count). The van der Waals surface area contributed by atoms with E-state index in [-0.39, 0.29) is 5.91 Å². The van der Waals surface area contributed by atoms with Crippen LogP contribution in [0.2, 0.25) is 0 Å². The van der Waals surface area contributed by atoms with Crippen LogP contribution in [0.4, 0.5) is 0 Å². The molecule has 5 nitrogen and oxygen atoms in total. The Balaban J connectivity index is 1.63. The first kappa shape index (κ1) is 17.0. The van der Waals surface area contributed by atoms with Crippen LogP contribution in [0.3, 0.4) is 0 Å². The quantitative estimate of drug-likeness (QED) is 0.921. The van der Waals surface area contributed by atoms with Crippen LogP contribution in [0.1, 0.15) is 44.1 Å². The minimum Gasteiger partial charge on any atom is -0.479 e. The van der Waals surface area contributed by atoms with Crippen molar-refractivity contribution in [1.82, 2.24) is 4.90 Å². The van der Waals surface area contributed by atoms with Gasteiger partial charge in [-0.1, -0.05) is 43.7 Å². The molecule has 2 unspecified atom stereocenters. The number of hydrogen-bond donors (Lipinski definition) is 1. The minimum atomic E-state index is -0.973. The Labute approximate surface area is 142 Å². The number of nitrogens with zero attached hydrogens (tertiary/aromatic N) is 1. The summed E-state index contributed by atoms with van der Waals surface area (Å²) in [4.78, 5) is 25.6. The van der Waals surface area contributed by atoms with Crippen LogP contribution in [0.25, 0.3) is 0 Å². The van der Waals surface area contributed by atoms with Gasteiger partial charge in [0, 0.05) is 13.1 Å². The van der Waals surface area contributed by atoms with Gasteiger partial charge in [-0.05, 0) is 36.7 Å². The van der Waals surface area contributed by atoms with Gasteiger partial charge in [0.1, 0.15) is 6.10 Å². The number of amides is 1. The molecule has 1 aromatic rings. The van der Waals surface area contributed by atoms with Gasteiger partial charge in [0.15, 0.2) is 6.10 Å². The maximum atomic E-state index is 12.7. The molecule has 2 saturated heterocycles. The number of carboxylic acids is 1. The van der Waals surface area contributed by atoms with Crippen molar-refractivity contribution in [3.05, 3.63) is 35.9 Å². The normalized spacial score (nSPS) is 30.3. The van der Waals surface area contributed by atoms with E-state index in [9.17, 15) is 9.59 Å². The van der Waals surface area contributed by atoms with E-state index >= 15 is 0 Å². The highest BCUT2D eigenvalue weighted by molar-refractivity contribution is 5.82. The second-order valence-electron chi connectivity index (χ2n) is 6.79. The topological polar surface area (TPSA) is 66.8 Å². The molecule has 2 aliphatic rings. The fraction of sp³-hybridized carbons (Fsp3) is 0.579. The molecular formula is C19H25NO4. The summed E-state index contributed by atoms with van der Waals surface area (Å²) in [5.41, 5.74) is 1.35. The van der Waals surface area contributed by atoms with Gasteiger partial charge in [0.2, 0.25) is 0 Å². The third kappa shape index (κ3) is 3.46. The largest absolute Gasteiger partial charge is 0.479 e. The molecule has 2 aliphatic heterocycles. The third-order valence-electron chi connectivity index (χ3n) is 5.37. The maximum absolute atomic E-state index is 12.7. The predicted molar refractivity (Wildman–Crippen MR) is 89.7 cm³/mol. The van der Waals surface area contributed by atoms with E-state index in [2.05, 4.69) is 31.2 Å².